The Kier molecular flexibility index (Phi) is 4.51. The molecule has 0 amide bonds. The third kappa shape index (κ3) is 3.87. The summed E-state index contributed by atoms with van der Waals surface area (Å²) in [5.41, 5.74) is 0.707. The van der Waals surface area contributed by atoms with Gasteiger partial charge in [0.2, 0.25) is 6.29 Å². The summed E-state index contributed by atoms with van der Waals surface area (Å²) in [6.07, 6.45) is -0.509. The summed E-state index contributed by atoms with van der Waals surface area (Å²) in [6.45, 7) is 5.64. The van der Waals surface area contributed by atoms with Gasteiger partial charge in [0, 0.05) is 12.1 Å². The summed E-state index contributed by atoms with van der Waals surface area (Å²) >= 11 is 5.85. The lowest BCUT2D eigenvalue weighted by molar-refractivity contribution is -0.111. The van der Waals surface area contributed by atoms with Gasteiger partial charge in [-0.25, -0.2) is 0 Å². The number of hydrogen-bond acceptors (Lipinski definition) is 4. The number of benzene rings is 1. The van der Waals surface area contributed by atoms with Crippen LogP contribution in [-0.2, 0) is 27.0 Å². The molecule has 2 N–H and O–H groups in total. The number of ether oxygens (including phenoxy) is 2. The molecule has 1 aromatic rings. The molecule has 0 saturated carbocycles. The standard InChI is InChI=1S/C13H18ClNO5S/c1-8(14)19-12-13(2,3)10-6-9(4-5-11(10)20-12)7-15-21(16,17)18/h4-6,8,12,15H,7H2,1-3H3,(H,16,17,18)/t8?,12-/m1/s1. The fourth-order valence-electron chi connectivity index (χ4n) is 2.23. The first-order valence-corrected chi connectivity index (χ1v) is 8.29. The lowest BCUT2D eigenvalue weighted by atomic mass is 9.84. The van der Waals surface area contributed by atoms with Crippen molar-refractivity contribution < 1.29 is 22.4 Å². The Hall–Kier alpha value is -0.860. The first-order valence-electron chi connectivity index (χ1n) is 6.41. The second kappa shape index (κ2) is 5.73. The Bertz CT molecular complexity index is 629. The zero-order valence-electron chi connectivity index (χ0n) is 12.0. The molecule has 1 aliphatic rings. The van der Waals surface area contributed by atoms with Crippen molar-refractivity contribution in [1.29, 1.82) is 0 Å². The van der Waals surface area contributed by atoms with Crippen molar-refractivity contribution in [2.24, 2.45) is 0 Å². The number of nitrogens with one attached hydrogen (secondary N) is 1. The van der Waals surface area contributed by atoms with Gasteiger partial charge in [-0.3, -0.25) is 4.55 Å². The molecule has 6 nitrogen and oxygen atoms in total. The van der Waals surface area contributed by atoms with Gasteiger partial charge < -0.3 is 9.47 Å². The van der Waals surface area contributed by atoms with E-state index < -0.39 is 27.6 Å². The van der Waals surface area contributed by atoms with Crippen LogP contribution in [0.4, 0.5) is 0 Å². The lowest BCUT2D eigenvalue weighted by Crippen LogP contribution is -2.36. The Morgan fingerprint density at radius 2 is 2.19 bits per heavy atom. The third-order valence-corrected chi connectivity index (χ3v) is 3.94. The summed E-state index contributed by atoms with van der Waals surface area (Å²) < 4.78 is 43.5. The van der Waals surface area contributed by atoms with E-state index in [1.165, 1.54) is 0 Å². The molecule has 1 aliphatic heterocycles. The molecule has 0 bridgehead atoms. The third-order valence-electron chi connectivity index (χ3n) is 3.33. The van der Waals surface area contributed by atoms with Crippen LogP contribution in [0.25, 0.3) is 0 Å². The van der Waals surface area contributed by atoms with E-state index >= 15 is 0 Å². The maximum absolute atomic E-state index is 10.7. The van der Waals surface area contributed by atoms with Gasteiger partial charge in [-0.05, 0) is 38.5 Å². The molecule has 0 aromatic heterocycles. The molecule has 0 radical (unpaired) electrons. The lowest BCUT2D eigenvalue weighted by Gasteiger charge is -2.26. The fourth-order valence-corrected chi connectivity index (χ4v) is 2.67. The van der Waals surface area contributed by atoms with Crippen LogP contribution in [0.3, 0.4) is 0 Å². The minimum absolute atomic E-state index is 0.000371. The first-order chi connectivity index (χ1) is 9.59. The summed E-state index contributed by atoms with van der Waals surface area (Å²) in [6, 6.07) is 5.30. The van der Waals surface area contributed by atoms with Gasteiger partial charge in [-0.2, -0.15) is 13.1 Å². The first kappa shape index (κ1) is 16.5. The molecule has 0 saturated heterocycles. The van der Waals surface area contributed by atoms with Gasteiger partial charge in [0.05, 0.1) is 5.41 Å². The molecule has 0 aliphatic carbocycles. The second-order valence-corrected chi connectivity index (χ2v) is 7.33. The predicted molar refractivity (Wildman–Crippen MR) is 78.7 cm³/mol. The van der Waals surface area contributed by atoms with Crippen LogP contribution < -0.4 is 9.46 Å². The molecule has 8 heteroatoms. The quantitative estimate of drug-likeness (QED) is 0.636. The SMILES string of the molecule is CC(Cl)O[C@@H]1Oc2ccc(CNS(=O)(=O)O)cc2C1(C)C. The van der Waals surface area contributed by atoms with Crippen LogP contribution in [0.2, 0.25) is 0 Å². The normalized spacial score (nSPS) is 21.7. The van der Waals surface area contributed by atoms with Gasteiger partial charge in [-0.1, -0.05) is 17.7 Å². The highest BCUT2D eigenvalue weighted by molar-refractivity contribution is 7.83. The summed E-state index contributed by atoms with van der Waals surface area (Å²) in [5.74, 6) is 0.679. The van der Waals surface area contributed by atoms with E-state index in [0.29, 0.717) is 11.3 Å². The highest BCUT2D eigenvalue weighted by Gasteiger charge is 2.43. The highest BCUT2D eigenvalue weighted by atomic mass is 35.5. The molecule has 0 spiro atoms. The van der Waals surface area contributed by atoms with E-state index in [9.17, 15) is 8.42 Å². The van der Waals surface area contributed by atoms with Gasteiger partial charge in [-0.15, -0.1) is 0 Å². The Morgan fingerprint density at radius 1 is 1.52 bits per heavy atom. The van der Waals surface area contributed by atoms with E-state index in [1.54, 1.807) is 19.1 Å². The summed E-state index contributed by atoms with van der Waals surface area (Å²) in [4.78, 5) is 0. The number of halogens is 1. The van der Waals surface area contributed by atoms with Crippen LogP contribution >= 0.6 is 11.6 Å². The van der Waals surface area contributed by atoms with Crippen molar-refractivity contribution in [3.8, 4) is 5.75 Å². The van der Waals surface area contributed by atoms with Crippen LogP contribution in [0, 0.1) is 0 Å². The molecule has 1 unspecified atom stereocenters. The predicted octanol–water partition coefficient (Wildman–Crippen LogP) is 2.18. The van der Waals surface area contributed by atoms with Crippen molar-refractivity contribution in [2.75, 3.05) is 0 Å². The molecule has 21 heavy (non-hydrogen) atoms. The largest absolute Gasteiger partial charge is 0.464 e. The number of alkyl halides is 1. The number of fused-ring (bicyclic) bond motifs is 1. The molecule has 0 fully saturated rings. The highest BCUT2D eigenvalue weighted by Crippen LogP contribution is 2.44. The average Bonchev–Trinajstić information content (AvgIpc) is 2.57. The van der Waals surface area contributed by atoms with Gasteiger partial charge in [0.1, 0.15) is 11.3 Å². The van der Waals surface area contributed by atoms with Crippen LogP contribution in [0.5, 0.6) is 5.75 Å². The van der Waals surface area contributed by atoms with Crippen LogP contribution in [0.15, 0.2) is 18.2 Å². The van der Waals surface area contributed by atoms with Crippen LogP contribution in [0.1, 0.15) is 31.9 Å². The van der Waals surface area contributed by atoms with E-state index in [4.69, 9.17) is 25.6 Å². The van der Waals surface area contributed by atoms with E-state index in [0.717, 1.165) is 5.56 Å². The van der Waals surface area contributed by atoms with E-state index in [-0.39, 0.29) is 6.54 Å². The summed E-state index contributed by atoms with van der Waals surface area (Å²) in [5, 5.41) is 0. The molecular weight excluding hydrogens is 318 g/mol. The van der Waals surface area contributed by atoms with E-state index in [2.05, 4.69) is 0 Å². The zero-order valence-corrected chi connectivity index (χ0v) is 13.5. The fraction of sp³-hybridized carbons (Fsp3) is 0.538. The smallest absolute Gasteiger partial charge is 0.333 e. The van der Waals surface area contributed by atoms with Crippen LogP contribution in [-0.4, -0.2) is 24.8 Å². The molecule has 1 heterocycles. The van der Waals surface area contributed by atoms with Crippen molar-refractivity contribution >= 4 is 21.9 Å². The Morgan fingerprint density at radius 3 is 2.76 bits per heavy atom. The topological polar surface area (TPSA) is 84.9 Å². The van der Waals surface area contributed by atoms with Gasteiger partial charge >= 0.3 is 10.3 Å². The summed E-state index contributed by atoms with van der Waals surface area (Å²) in [7, 11) is -4.22. The van der Waals surface area contributed by atoms with Crippen molar-refractivity contribution in [2.45, 2.75) is 44.6 Å². The maximum atomic E-state index is 10.7. The minimum Gasteiger partial charge on any atom is -0.464 e. The second-order valence-electron chi connectivity index (χ2n) is 5.48. The maximum Gasteiger partial charge on any atom is 0.333 e. The minimum atomic E-state index is -4.22. The molecular formula is C13H18ClNO5S. The van der Waals surface area contributed by atoms with Gasteiger partial charge in [0.15, 0.2) is 0 Å². The monoisotopic (exact) mass is 335 g/mol. The van der Waals surface area contributed by atoms with Crippen molar-refractivity contribution in [3.05, 3.63) is 29.3 Å². The van der Waals surface area contributed by atoms with Gasteiger partial charge in [0.25, 0.3) is 0 Å². The Balaban J connectivity index is 2.22. The molecule has 118 valence electrons. The number of rotatable bonds is 5. The molecule has 2 rings (SSSR count). The Labute approximate surface area is 129 Å². The van der Waals surface area contributed by atoms with Crippen molar-refractivity contribution in [1.82, 2.24) is 4.72 Å². The molecule has 1 aromatic carbocycles. The molecule has 2 atom stereocenters. The van der Waals surface area contributed by atoms with E-state index in [1.807, 2.05) is 24.6 Å². The zero-order chi connectivity index (χ0) is 15.8. The van der Waals surface area contributed by atoms with Crippen molar-refractivity contribution in [3.63, 3.8) is 0 Å². The average molecular weight is 336 g/mol. The number of hydrogen-bond donors (Lipinski definition) is 2.